The van der Waals surface area contributed by atoms with E-state index in [0.717, 1.165) is 13.1 Å². The Balaban J connectivity index is 2.36. The van der Waals surface area contributed by atoms with Crippen molar-refractivity contribution in [2.24, 2.45) is 0 Å². The van der Waals surface area contributed by atoms with Crippen molar-refractivity contribution in [1.29, 1.82) is 0 Å². The summed E-state index contributed by atoms with van der Waals surface area (Å²) in [5, 5.41) is 3.12. The van der Waals surface area contributed by atoms with Gasteiger partial charge in [-0.2, -0.15) is 4.31 Å². The maximum atomic E-state index is 11.8. The van der Waals surface area contributed by atoms with E-state index in [1.165, 1.54) is 4.31 Å². The molecule has 0 aromatic carbocycles. The molecule has 0 amide bonds. The minimum atomic E-state index is -3.11. The van der Waals surface area contributed by atoms with E-state index in [0.29, 0.717) is 13.1 Å². The van der Waals surface area contributed by atoms with E-state index in [9.17, 15) is 8.42 Å². The third-order valence-electron chi connectivity index (χ3n) is 2.26. The zero-order valence-corrected chi connectivity index (χ0v) is 10.2. The molecule has 0 aliphatic carbocycles. The molecule has 0 saturated carbocycles. The fourth-order valence-corrected chi connectivity index (χ4v) is 2.74. The normalized spacial score (nSPS) is 19.7. The Hall–Kier alpha value is -0.170. The molecule has 15 heavy (non-hydrogen) atoms. The van der Waals surface area contributed by atoms with Gasteiger partial charge in [-0.25, -0.2) is 8.42 Å². The molecule has 0 aromatic rings. The number of ether oxygens (including phenoxy) is 1. The van der Waals surface area contributed by atoms with Crippen molar-refractivity contribution in [3.05, 3.63) is 0 Å². The summed E-state index contributed by atoms with van der Waals surface area (Å²) in [6.07, 6.45) is 0.0863. The molecule has 1 fully saturated rings. The van der Waals surface area contributed by atoms with E-state index < -0.39 is 10.0 Å². The smallest absolute Gasteiger partial charge is 0.216 e. The summed E-state index contributed by atoms with van der Waals surface area (Å²) >= 11 is 0. The van der Waals surface area contributed by atoms with Gasteiger partial charge in [-0.3, -0.25) is 0 Å². The van der Waals surface area contributed by atoms with Crippen LogP contribution in [0.25, 0.3) is 0 Å². The van der Waals surface area contributed by atoms with E-state index in [1.807, 2.05) is 13.8 Å². The lowest BCUT2D eigenvalue weighted by atomic mass is 10.4. The van der Waals surface area contributed by atoms with E-state index >= 15 is 0 Å². The summed E-state index contributed by atoms with van der Waals surface area (Å²) in [6, 6.07) is 0. The van der Waals surface area contributed by atoms with Crippen LogP contribution in [-0.2, 0) is 14.8 Å². The van der Waals surface area contributed by atoms with Gasteiger partial charge in [0.2, 0.25) is 10.0 Å². The van der Waals surface area contributed by atoms with Crippen LogP contribution in [0, 0.1) is 0 Å². The number of nitrogens with one attached hydrogen (secondary N) is 1. The van der Waals surface area contributed by atoms with Gasteiger partial charge in [-0.15, -0.1) is 0 Å². The quantitative estimate of drug-likeness (QED) is 0.708. The molecule has 1 saturated heterocycles. The largest absolute Gasteiger partial charge is 0.378 e. The zero-order chi connectivity index (χ0) is 11.3. The van der Waals surface area contributed by atoms with Crippen LogP contribution in [0.15, 0.2) is 0 Å². The summed E-state index contributed by atoms with van der Waals surface area (Å²) in [7, 11) is -3.11. The van der Waals surface area contributed by atoms with Crippen LogP contribution in [0.4, 0.5) is 0 Å². The molecule has 1 rings (SSSR count). The lowest BCUT2D eigenvalue weighted by Gasteiger charge is -2.26. The monoisotopic (exact) mass is 236 g/mol. The first-order valence-corrected chi connectivity index (χ1v) is 6.93. The molecule has 90 valence electrons. The summed E-state index contributed by atoms with van der Waals surface area (Å²) in [4.78, 5) is 0. The SMILES string of the molecule is CC(C)OCCS(=O)(=O)N1CCNCC1. The van der Waals surface area contributed by atoms with Crippen molar-refractivity contribution >= 4 is 10.0 Å². The highest BCUT2D eigenvalue weighted by Gasteiger charge is 2.23. The van der Waals surface area contributed by atoms with Gasteiger partial charge >= 0.3 is 0 Å². The molecular weight excluding hydrogens is 216 g/mol. The molecule has 6 heteroatoms. The maximum absolute atomic E-state index is 11.8. The zero-order valence-electron chi connectivity index (χ0n) is 9.40. The average molecular weight is 236 g/mol. The minimum absolute atomic E-state index is 0.0863. The summed E-state index contributed by atoms with van der Waals surface area (Å²) in [5.41, 5.74) is 0. The van der Waals surface area contributed by atoms with Crippen LogP contribution in [0.2, 0.25) is 0 Å². The molecule has 0 atom stereocenters. The van der Waals surface area contributed by atoms with Gasteiger partial charge in [0.05, 0.1) is 18.5 Å². The molecule has 5 nitrogen and oxygen atoms in total. The Bertz CT molecular complexity index is 271. The van der Waals surface area contributed by atoms with E-state index in [1.54, 1.807) is 0 Å². The number of piperazine rings is 1. The first-order valence-electron chi connectivity index (χ1n) is 5.32. The number of hydrogen-bond donors (Lipinski definition) is 1. The topological polar surface area (TPSA) is 58.6 Å². The molecule has 1 heterocycles. The first kappa shape index (κ1) is 12.9. The standard InChI is InChI=1S/C9H20N2O3S/c1-9(2)14-7-8-15(12,13)11-5-3-10-4-6-11/h9-10H,3-8H2,1-2H3. The minimum Gasteiger partial charge on any atom is -0.378 e. The highest BCUT2D eigenvalue weighted by molar-refractivity contribution is 7.89. The molecule has 0 unspecified atom stereocenters. The number of sulfonamides is 1. The lowest BCUT2D eigenvalue weighted by Crippen LogP contribution is -2.47. The van der Waals surface area contributed by atoms with Crippen molar-refractivity contribution in [3.8, 4) is 0 Å². The lowest BCUT2D eigenvalue weighted by molar-refractivity contribution is 0.0906. The molecule has 0 radical (unpaired) electrons. The van der Waals surface area contributed by atoms with Gasteiger partial charge in [-0.1, -0.05) is 0 Å². The highest BCUT2D eigenvalue weighted by atomic mass is 32.2. The van der Waals surface area contributed by atoms with Crippen LogP contribution < -0.4 is 5.32 Å². The van der Waals surface area contributed by atoms with Crippen molar-refractivity contribution in [3.63, 3.8) is 0 Å². The molecule has 1 aliphatic heterocycles. The van der Waals surface area contributed by atoms with E-state index in [4.69, 9.17) is 4.74 Å². The third kappa shape index (κ3) is 4.46. The fourth-order valence-electron chi connectivity index (χ4n) is 1.44. The molecule has 1 aliphatic rings. The summed E-state index contributed by atoms with van der Waals surface area (Å²) in [6.45, 7) is 6.71. The maximum Gasteiger partial charge on any atom is 0.216 e. The van der Waals surface area contributed by atoms with Gasteiger partial charge < -0.3 is 10.1 Å². The fraction of sp³-hybridized carbons (Fsp3) is 1.00. The van der Waals surface area contributed by atoms with Crippen LogP contribution >= 0.6 is 0 Å². The molecule has 0 spiro atoms. The average Bonchev–Trinajstić information content (AvgIpc) is 2.18. The second-order valence-electron chi connectivity index (χ2n) is 3.88. The number of rotatable bonds is 5. The second-order valence-corrected chi connectivity index (χ2v) is 5.97. The predicted molar refractivity (Wildman–Crippen MR) is 59.3 cm³/mol. The van der Waals surface area contributed by atoms with E-state index in [-0.39, 0.29) is 18.5 Å². The summed E-state index contributed by atoms with van der Waals surface area (Å²) < 4.78 is 30.4. The molecule has 0 aromatic heterocycles. The van der Waals surface area contributed by atoms with Crippen LogP contribution in [0.1, 0.15) is 13.8 Å². The van der Waals surface area contributed by atoms with Crippen molar-refractivity contribution < 1.29 is 13.2 Å². The number of hydrogen-bond acceptors (Lipinski definition) is 4. The Labute approximate surface area is 91.8 Å². The van der Waals surface area contributed by atoms with Gasteiger partial charge in [0.15, 0.2) is 0 Å². The third-order valence-corrected chi connectivity index (χ3v) is 4.10. The predicted octanol–water partition coefficient (Wildman–Crippen LogP) is -0.354. The van der Waals surface area contributed by atoms with Crippen molar-refractivity contribution in [2.45, 2.75) is 20.0 Å². The van der Waals surface area contributed by atoms with Crippen molar-refractivity contribution in [1.82, 2.24) is 9.62 Å². The van der Waals surface area contributed by atoms with Crippen LogP contribution in [0.3, 0.4) is 0 Å². The van der Waals surface area contributed by atoms with Gasteiger partial charge in [0.1, 0.15) is 0 Å². The second kappa shape index (κ2) is 5.79. The molecular formula is C9H20N2O3S. The summed E-state index contributed by atoms with van der Waals surface area (Å²) in [5.74, 6) is 0.0885. The van der Waals surface area contributed by atoms with Gasteiger partial charge in [-0.05, 0) is 13.8 Å². The Morgan fingerprint density at radius 2 is 1.93 bits per heavy atom. The molecule has 0 bridgehead atoms. The van der Waals surface area contributed by atoms with Gasteiger partial charge in [0.25, 0.3) is 0 Å². The number of nitrogens with zero attached hydrogens (tertiary/aromatic N) is 1. The van der Waals surface area contributed by atoms with Crippen LogP contribution in [-0.4, -0.2) is 57.4 Å². The van der Waals surface area contributed by atoms with E-state index in [2.05, 4.69) is 5.32 Å². The Morgan fingerprint density at radius 1 is 1.33 bits per heavy atom. The van der Waals surface area contributed by atoms with Crippen molar-refractivity contribution in [2.75, 3.05) is 38.5 Å². The Kier molecular flexibility index (Phi) is 4.98. The Morgan fingerprint density at radius 3 is 2.47 bits per heavy atom. The van der Waals surface area contributed by atoms with Gasteiger partial charge in [0, 0.05) is 26.2 Å². The van der Waals surface area contributed by atoms with Crippen LogP contribution in [0.5, 0.6) is 0 Å². The highest BCUT2D eigenvalue weighted by Crippen LogP contribution is 2.03. The molecule has 1 N–H and O–H groups in total. The first-order chi connectivity index (χ1) is 7.02.